The summed E-state index contributed by atoms with van der Waals surface area (Å²) in [6.07, 6.45) is 12.9. The Kier molecular flexibility index (Phi) is 6.45. The molecule has 2 aromatic heterocycles. The Hall–Kier alpha value is -6.06. The molecule has 0 atom stereocenters. The average molecular weight is 629 g/mol. The third kappa shape index (κ3) is 4.65. The SMILES string of the molecule is C1=Cc2c(nc(-c3ccc4ccccc4c3)nc2-c2cc3c(oc4cccc(-c5cccc(-c6ccccc6)c5)c43)c3c2C=CCC3)CC1. The minimum atomic E-state index is 0.777. The van der Waals surface area contributed by atoms with Gasteiger partial charge in [0.15, 0.2) is 5.82 Å². The van der Waals surface area contributed by atoms with Crippen molar-refractivity contribution < 1.29 is 4.42 Å². The van der Waals surface area contributed by atoms with E-state index in [9.17, 15) is 0 Å². The van der Waals surface area contributed by atoms with Crippen LogP contribution in [0.4, 0.5) is 0 Å². The predicted octanol–water partition coefficient (Wildman–Crippen LogP) is 12.1. The molecule has 0 amide bonds. The summed E-state index contributed by atoms with van der Waals surface area (Å²) in [7, 11) is 0. The molecule has 0 saturated heterocycles. The maximum atomic E-state index is 6.78. The van der Waals surface area contributed by atoms with Gasteiger partial charge in [0.05, 0.1) is 11.4 Å². The van der Waals surface area contributed by atoms with Crippen molar-refractivity contribution in [2.75, 3.05) is 0 Å². The minimum absolute atomic E-state index is 0.777. The van der Waals surface area contributed by atoms with E-state index in [0.717, 1.165) is 81.5 Å². The molecule has 3 heteroatoms. The van der Waals surface area contributed by atoms with E-state index in [1.54, 1.807) is 0 Å². The highest BCUT2D eigenvalue weighted by Gasteiger charge is 2.25. The van der Waals surface area contributed by atoms with E-state index in [0.29, 0.717) is 0 Å². The zero-order valence-corrected chi connectivity index (χ0v) is 27.0. The van der Waals surface area contributed by atoms with Crippen LogP contribution in [-0.4, -0.2) is 9.97 Å². The molecule has 10 rings (SSSR count). The fraction of sp³-hybridized carbons (Fsp3) is 0.0870. The lowest BCUT2D eigenvalue weighted by molar-refractivity contribution is 0.661. The summed E-state index contributed by atoms with van der Waals surface area (Å²) in [5, 5.41) is 4.70. The van der Waals surface area contributed by atoms with Crippen LogP contribution in [0.2, 0.25) is 0 Å². The van der Waals surface area contributed by atoms with E-state index < -0.39 is 0 Å². The molecule has 3 nitrogen and oxygen atoms in total. The van der Waals surface area contributed by atoms with Gasteiger partial charge in [0.1, 0.15) is 11.2 Å². The Morgan fingerprint density at radius 3 is 2.22 bits per heavy atom. The van der Waals surface area contributed by atoms with E-state index in [-0.39, 0.29) is 0 Å². The molecule has 2 heterocycles. The highest BCUT2D eigenvalue weighted by atomic mass is 16.3. The van der Waals surface area contributed by atoms with Gasteiger partial charge < -0.3 is 4.42 Å². The highest BCUT2D eigenvalue weighted by molar-refractivity contribution is 6.15. The molecular formula is C46H32N2O. The van der Waals surface area contributed by atoms with E-state index in [1.165, 1.54) is 44.2 Å². The number of benzene rings is 6. The second kappa shape index (κ2) is 11.3. The maximum absolute atomic E-state index is 6.78. The maximum Gasteiger partial charge on any atom is 0.160 e. The molecule has 0 unspecified atom stereocenters. The Morgan fingerprint density at radius 1 is 0.531 bits per heavy atom. The Bertz CT molecular complexity index is 2660. The normalized spacial score (nSPS) is 13.6. The van der Waals surface area contributed by atoms with Crippen LogP contribution in [-0.2, 0) is 12.8 Å². The predicted molar refractivity (Wildman–Crippen MR) is 203 cm³/mol. The molecular weight excluding hydrogens is 597 g/mol. The van der Waals surface area contributed by atoms with Crippen LogP contribution in [0.3, 0.4) is 0 Å². The van der Waals surface area contributed by atoms with Gasteiger partial charge in [0.25, 0.3) is 0 Å². The van der Waals surface area contributed by atoms with Gasteiger partial charge >= 0.3 is 0 Å². The molecule has 0 bridgehead atoms. The lowest BCUT2D eigenvalue weighted by atomic mass is 9.86. The van der Waals surface area contributed by atoms with E-state index in [2.05, 4.69) is 146 Å². The number of aryl methyl sites for hydroxylation is 2. The van der Waals surface area contributed by atoms with Crippen LogP contribution in [0.1, 0.15) is 35.2 Å². The number of furan rings is 1. The number of fused-ring (bicyclic) bond motifs is 7. The molecule has 0 aliphatic heterocycles. The fourth-order valence-corrected chi connectivity index (χ4v) is 7.81. The van der Waals surface area contributed by atoms with Crippen LogP contribution in [0, 0.1) is 0 Å². The summed E-state index contributed by atoms with van der Waals surface area (Å²) in [6, 6.07) is 43.3. The Morgan fingerprint density at radius 2 is 1.31 bits per heavy atom. The molecule has 2 aliphatic rings. The van der Waals surface area contributed by atoms with Gasteiger partial charge in [0, 0.05) is 33.0 Å². The molecule has 0 N–H and O–H groups in total. The molecule has 0 spiro atoms. The van der Waals surface area contributed by atoms with Crippen molar-refractivity contribution in [2.45, 2.75) is 25.7 Å². The van der Waals surface area contributed by atoms with Gasteiger partial charge in [-0.25, -0.2) is 9.97 Å². The summed E-state index contributed by atoms with van der Waals surface area (Å²) in [5.74, 6) is 0.777. The standard InChI is InChI=1S/C46H32N2O/c1-2-12-29(13-3-1)32-16-10-17-33(26-32)35-21-11-23-42-43(35)40-28-39(36-18-6-7-19-37(36)45(40)49-42)44-38-20-8-9-22-41(38)47-46(48-44)34-25-24-30-14-4-5-15-31(30)27-34/h1-6,8,10-18,20-21,23-28H,7,9,19,22H2. The third-order valence-electron chi connectivity index (χ3n) is 10.2. The monoisotopic (exact) mass is 628 g/mol. The molecule has 8 aromatic rings. The van der Waals surface area contributed by atoms with Crippen LogP contribution < -0.4 is 0 Å². The summed E-state index contributed by atoms with van der Waals surface area (Å²) < 4.78 is 6.78. The van der Waals surface area contributed by atoms with Crippen LogP contribution in [0.5, 0.6) is 0 Å². The number of rotatable bonds is 4. The smallest absolute Gasteiger partial charge is 0.160 e. The van der Waals surface area contributed by atoms with E-state index in [4.69, 9.17) is 14.4 Å². The lowest BCUT2D eigenvalue weighted by Gasteiger charge is -2.20. The Labute approximate surface area is 284 Å². The topological polar surface area (TPSA) is 38.9 Å². The van der Waals surface area contributed by atoms with Crippen LogP contribution >= 0.6 is 0 Å². The molecule has 6 aromatic carbocycles. The first-order valence-corrected chi connectivity index (χ1v) is 17.2. The minimum Gasteiger partial charge on any atom is -0.456 e. The first-order chi connectivity index (χ1) is 24.3. The van der Waals surface area contributed by atoms with Gasteiger partial charge in [-0.2, -0.15) is 0 Å². The zero-order chi connectivity index (χ0) is 32.3. The van der Waals surface area contributed by atoms with Crippen LogP contribution in [0.15, 0.2) is 138 Å². The van der Waals surface area contributed by atoms with Crippen molar-refractivity contribution in [3.05, 3.63) is 156 Å². The van der Waals surface area contributed by atoms with Crippen molar-refractivity contribution in [2.24, 2.45) is 0 Å². The lowest BCUT2D eigenvalue weighted by Crippen LogP contribution is -2.07. The van der Waals surface area contributed by atoms with Crippen molar-refractivity contribution in [1.29, 1.82) is 0 Å². The third-order valence-corrected chi connectivity index (χ3v) is 10.2. The number of nitrogens with zero attached hydrogens (tertiary/aromatic N) is 2. The average Bonchev–Trinajstić information content (AvgIpc) is 3.56. The summed E-state index contributed by atoms with van der Waals surface area (Å²) >= 11 is 0. The molecule has 2 aliphatic carbocycles. The Balaban J connectivity index is 1.23. The quantitative estimate of drug-likeness (QED) is 0.195. The summed E-state index contributed by atoms with van der Waals surface area (Å²) in [6.45, 7) is 0. The molecule has 0 fully saturated rings. The number of aromatic nitrogens is 2. The number of hydrogen-bond donors (Lipinski definition) is 0. The number of allylic oxidation sites excluding steroid dienone is 2. The van der Waals surface area contributed by atoms with Gasteiger partial charge in [-0.15, -0.1) is 0 Å². The van der Waals surface area contributed by atoms with Crippen molar-refractivity contribution >= 4 is 44.9 Å². The van der Waals surface area contributed by atoms with Crippen molar-refractivity contribution in [1.82, 2.24) is 9.97 Å². The fourth-order valence-electron chi connectivity index (χ4n) is 7.81. The van der Waals surface area contributed by atoms with Gasteiger partial charge in [-0.3, -0.25) is 0 Å². The van der Waals surface area contributed by atoms with Gasteiger partial charge in [-0.1, -0.05) is 121 Å². The molecule has 0 saturated carbocycles. The largest absolute Gasteiger partial charge is 0.456 e. The van der Waals surface area contributed by atoms with Crippen molar-refractivity contribution in [3.63, 3.8) is 0 Å². The van der Waals surface area contributed by atoms with Crippen LogP contribution in [0.25, 0.3) is 89.8 Å². The van der Waals surface area contributed by atoms with Gasteiger partial charge in [0.2, 0.25) is 0 Å². The first-order valence-electron chi connectivity index (χ1n) is 17.2. The van der Waals surface area contributed by atoms with Gasteiger partial charge in [-0.05, 0) is 88.5 Å². The van der Waals surface area contributed by atoms with E-state index >= 15 is 0 Å². The van der Waals surface area contributed by atoms with E-state index in [1.807, 2.05) is 0 Å². The second-order valence-corrected chi connectivity index (χ2v) is 13.1. The zero-order valence-electron chi connectivity index (χ0n) is 27.0. The molecule has 232 valence electrons. The number of hydrogen-bond acceptors (Lipinski definition) is 3. The van der Waals surface area contributed by atoms with Crippen molar-refractivity contribution in [3.8, 4) is 44.9 Å². The second-order valence-electron chi connectivity index (χ2n) is 13.1. The summed E-state index contributed by atoms with van der Waals surface area (Å²) in [5.41, 5.74) is 14.5. The molecule has 0 radical (unpaired) electrons. The summed E-state index contributed by atoms with van der Waals surface area (Å²) in [4.78, 5) is 10.6. The highest BCUT2D eigenvalue weighted by Crippen LogP contribution is 2.45. The first kappa shape index (κ1) is 28.0. The molecule has 49 heavy (non-hydrogen) atoms.